The molecule has 0 N–H and O–H groups in total. The zero-order chi connectivity index (χ0) is 12.7. The van der Waals surface area contributed by atoms with Crippen molar-refractivity contribution in [3.8, 4) is 11.5 Å². The molecule has 0 aromatic heterocycles. The van der Waals surface area contributed by atoms with E-state index in [1.165, 1.54) is 26.4 Å². The molecule has 1 rings (SSSR count). The Morgan fingerprint density at radius 3 is 2.35 bits per heavy atom. The van der Waals surface area contributed by atoms with Crippen molar-refractivity contribution >= 4 is 12.0 Å². The van der Waals surface area contributed by atoms with Crippen LogP contribution in [0.1, 0.15) is 5.56 Å². The van der Waals surface area contributed by atoms with E-state index < -0.39 is 5.91 Å². The number of ether oxygens (including phenoxy) is 2. The Morgan fingerprint density at radius 2 is 1.88 bits per heavy atom. The fourth-order valence-corrected chi connectivity index (χ4v) is 1.17. The molecule has 0 radical (unpaired) electrons. The van der Waals surface area contributed by atoms with Crippen LogP contribution in [0.2, 0.25) is 0 Å². The van der Waals surface area contributed by atoms with Crippen molar-refractivity contribution in [2.75, 3.05) is 14.2 Å². The van der Waals surface area contributed by atoms with Crippen LogP contribution in [-0.2, 0) is 4.79 Å². The van der Waals surface area contributed by atoms with Crippen LogP contribution in [0.5, 0.6) is 11.5 Å². The van der Waals surface area contributed by atoms with Crippen LogP contribution in [0.15, 0.2) is 29.4 Å². The average molecular weight is 233 g/mol. The van der Waals surface area contributed by atoms with Crippen LogP contribution in [0.3, 0.4) is 0 Å². The van der Waals surface area contributed by atoms with E-state index in [9.17, 15) is 4.79 Å². The lowest BCUT2D eigenvalue weighted by atomic mass is 10.2. The van der Waals surface area contributed by atoms with Gasteiger partial charge >= 0.3 is 0 Å². The summed E-state index contributed by atoms with van der Waals surface area (Å²) in [5.41, 5.74) is 8.77. The number of amides is 1. The normalized spacial score (nSPS) is 9.76. The highest BCUT2D eigenvalue weighted by Gasteiger charge is 1.99. The molecular formula is C11H11N3O3. The number of benzene rings is 1. The second-order valence-electron chi connectivity index (χ2n) is 3.01. The highest BCUT2D eigenvalue weighted by atomic mass is 16.5. The van der Waals surface area contributed by atoms with E-state index in [0.29, 0.717) is 17.1 Å². The summed E-state index contributed by atoms with van der Waals surface area (Å²) in [6.07, 6.45) is 2.69. The van der Waals surface area contributed by atoms with Crippen LogP contribution in [0, 0.1) is 0 Å². The van der Waals surface area contributed by atoms with Gasteiger partial charge in [0.2, 0.25) is 5.91 Å². The first-order valence-corrected chi connectivity index (χ1v) is 4.70. The van der Waals surface area contributed by atoms with Gasteiger partial charge in [0, 0.05) is 11.0 Å². The third-order valence-corrected chi connectivity index (χ3v) is 1.94. The first kappa shape index (κ1) is 12.6. The molecule has 6 nitrogen and oxygen atoms in total. The van der Waals surface area contributed by atoms with Gasteiger partial charge in [0.25, 0.3) is 0 Å². The Balaban J connectivity index is 2.97. The summed E-state index contributed by atoms with van der Waals surface area (Å²) in [4.78, 5) is 13.3. The molecule has 0 bridgehead atoms. The monoisotopic (exact) mass is 233 g/mol. The van der Waals surface area contributed by atoms with Crippen molar-refractivity contribution in [3.05, 3.63) is 40.3 Å². The fourth-order valence-electron chi connectivity index (χ4n) is 1.17. The number of hydrogen-bond donors (Lipinski definition) is 0. The summed E-state index contributed by atoms with van der Waals surface area (Å²) in [6, 6.07) is 5.16. The third kappa shape index (κ3) is 3.89. The Morgan fingerprint density at radius 1 is 1.29 bits per heavy atom. The molecule has 17 heavy (non-hydrogen) atoms. The topological polar surface area (TPSA) is 84.3 Å². The van der Waals surface area contributed by atoms with E-state index in [2.05, 4.69) is 10.0 Å². The largest absolute Gasteiger partial charge is 0.497 e. The predicted molar refractivity (Wildman–Crippen MR) is 62.7 cm³/mol. The van der Waals surface area contributed by atoms with E-state index in [-0.39, 0.29) is 0 Å². The van der Waals surface area contributed by atoms with Crippen molar-refractivity contribution in [3.63, 3.8) is 0 Å². The Labute approximate surface area is 98.1 Å². The third-order valence-electron chi connectivity index (χ3n) is 1.94. The molecule has 0 saturated heterocycles. The van der Waals surface area contributed by atoms with Crippen molar-refractivity contribution in [2.24, 2.45) is 5.11 Å². The number of nitrogens with zero attached hydrogens (tertiary/aromatic N) is 3. The van der Waals surface area contributed by atoms with E-state index in [1.54, 1.807) is 18.2 Å². The van der Waals surface area contributed by atoms with Crippen molar-refractivity contribution in [1.82, 2.24) is 0 Å². The summed E-state index contributed by atoms with van der Waals surface area (Å²) in [5, 5.41) is 2.92. The van der Waals surface area contributed by atoms with Gasteiger partial charge in [0.15, 0.2) is 0 Å². The molecule has 88 valence electrons. The molecule has 0 atom stereocenters. The number of azide groups is 1. The molecule has 0 fully saturated rings. The molecule has 0 aliphatic carbocycles. The Hall–Kier alpha value is -2.46. The predicted octanol–water partition coefficient (Wildman–Crippen LogP) is 2.55. The van der Waals surface area contributed by atoms with Crippen LogP contribution in [0.25, 0.3) is 16.5 Å². The van der Waals surface area contributed by atoms with E-state index >= 15 is 0 Å². The zero-order valence-corrected chi connectivity index (χ0v) is 9.45. The van der Waals surface area contributed by atoms with Gasteiger partial charge in [0.1, 0.15) is 11.5 Å². The Bertz CT molecular complexity index is 468. The van der Waals surface area contributed by atoms with Gasteiger partial charge < -0.3 is 9.47 Å². The minimum absolute atomic E-state index is 0.611. The molecule has 0 unspecified atom stereocenters. The maximum atomic E-state index is 11.0. The van der Waals surface area contributed by atoms with Crippen molar-refractivity contribution in [2.45, 2.75) is 0 Å². The molecule has 6 heteroatoms. The highest BCUT2D eigenvalue weighted by molar-refractivity contribution is 5.92. The molecule has 1 aromatic carbocycles. The molecular weight excluding hydrogens is 222 g/mol. The highest BCUT2D eigenvalue weighted by Crippen LogP contribution is 2.23. The summed E-state index contributed by atoms with van der Waals surface area (Å²) in [7, 11) is 3.07. The van der Waals surface area contributed by atoms with E-state index in [1.807, 2.05) is 0 Å². The molecule has 0 spiro atoms. The smallest absolute Gasteiger partial charge is 0.242 e. The van der Waals surface area contributed by atoms with E-state index in [4.69, 9.17) is 15.0 Å². The number of carbonyl (C=O) groups excluding carboxylic acids is 1. The van der Waals surface area contributed by atoms with Gasteiger partial charge in [-0.2, -0.15) is 0 Å². The maximum absolute atomic E-state index is 11.0. The van der Waals surface area contributed by atoms with Gasteiger partial charge in [-0.3, -0.25) is 4.79 Å². The molecule has 0 aliphatic rings. The molecule has 0 aliphatic heterocycles. The van der Waals surface area contributed by atoms with Gasteiger partial charge in [0.05, 0.1) is 14.2 Å². The number of methoxy groups -OCH3 is 2. The average Bonchev–Trinajstić information content (AvgIpc) is 2.36. The first-order chi connectivity index (χ1) is 8.19. The number of hydrogen-bond acceptors (Lipinski definition) is 3. The minimum atomic E-state index is -0.658. The molecule has 1 aromatic rings. The lowest BCUT2D eigenvalue weighted by Gasteiger charge is -2.05. The van der Waals surface area contributed by atoms with Gasteiger partial charge in [-0.15, -0.1) is 0 Å². The van der Waals surface area contributed by atoms with Crippen molar-refractivity contribution in [1.29, 1.82) is 0 Å². The summed E-state index contributed by atoms with van der Waals surface area (Å²) in [6.45, 7) is 0. The standard InChI is InChI=1S/C11H11N3O3/c1-16-9-5-8(6-10(7-9)17-2)3-4-11(15)13-14-12/h3-7H,1-2H3/b4-3+. The second-order valence-corrected chi connectivity index (χ2v) is 3.01. The van der Waals surface area contributed by atoms with Crippen LogP contribution < -0.4 is 9.47 Å². The van der Waals surface area contributed by atoms with Gasteiger partial charge in [-0.1, -0.05) is 6.08 Å². The number of rotatable bonds is 4. The summed E-state index contributed by atoms with van der Waals surface area (Å²) >= 11 is 0. The van der Waals surface area contributed by atoms with Gasteiger partial charge in [-0.25, -0.2) is 0 Å². The molecule has 1 amide bonds. The lowest BCUT2D eigenvalue weighted by molar-refractivity contribution is -0.113. The fraction of sp³-hybridized carbons (Fsp3) is 0.182. The minimum Gasteiger partial charge on any atom is -0.497 e. The molecule has 0 heterocycles. The zero-order valence-electron chi connectivity index (χ0n) is 9.45. The Kier molecular flexibility index (Phi) is 4.59. The van der Waals surface area contributed by atoms with Crippen LogP contribution in [0.4, 0.5) is 0 Å². The van der Waals surface area contributed by atoms with Crippen LogP contribution >= 0.6 is 0 Å². The van der Waals surface area contributed by atoms with Crippen LogP contribution in [-0.4, -0.2) is 20.1 Å². The number of carbonyl (C=O) groups is 1. The second kappa shape index (κ2) is 6.19. The molecule has 0 saturated carbocycles. The first-order valence-electron chi connectivity index (χ1n) is 4.70. The van der Waals surface area contributed by atoms with E-state index in [0.717, 1.165) is 0 Å². The lowest BCUT2D eigenvalue weighted by Crippen LogP contribution is -1.89. The SMILES string of the molecule is COc1cc(/C=C/C(=O)N=[N+]=[N-])cc(OC)c1. The van der Waals surface area contributed by atoms with Crippen molar-refractivity contribution < 1.29 is 14.3 Å². The quantitative estimate of drug-likeness (QED) is 0.346. The van der Waals surface area contributed by atoms with Gasteiger partial charge in [-0.05, 0) is 34.4 Å². The summed E-state index contributed by atoms with van der Waals surface area (Å²) in [5.74, 6) is 0.565. The summed E-state index contributed by atoms with van der Waals surface area (Å²) < 4.78 is 10.1. The maximum Gasteiger partial charge on any atom is 0.242 e.